The van der Waals surface area contributed by atoms with Gasteiger partial charge in [0.2, 0.25) is 0 Å². The molecule has 6 nitrogen and oxygen atoms in total. The van der Waals surface area contributed by atoms with Crippen LogP contribution in [-0.2, 0) is 4.79 Å². The quantitative estimate of drug-likeness (QED) is 0.660. The van der Waals surface area contributed by atoms with Crippen molar-refractivity contribution in [3.63, 3.8) is 0 Å². The minimum Gasteiger partial charge on any atom is -0.480 e. The summed E-state index contributed by atoms with van der Waals surface area (Å²) in [5, 5.41) is 21.6. The molecule has 1 aromatic carbocycles. The van der Waals surface area contributed by atoms with Gasteiger partial charge in [0.1, 0.15) is 5.82 Å². The monoisotopic (exact) mass is 276 g/mol. The number of carboxylic acid groups (broad SMARTS) is 1. The molecule has 0 aliphatic carbocycles. The van der Waals surface area contributed by atoms with Crippen LogP contribution < -0.4 is 10.6 Å². The van der Waals surface area contributed by atoms with Crippen molar-refractivity contribution in [3.05, 3.63) is 29.0 Å². The number of hydrogen-bond donors (Lipinski definition) is 4. The van der Waals surface area contributed by atoms with Crippen LogP contribution in [0.2, 0.25) is 5.02 Å². The Morgan fingerprint density at radius 3 is 2.67 bits per heavy atom. The molecule has 1 rings (SSSR count). The van der Waals surface area contributed by atoms with Crippen molar-refractivity contribution in [1.29, 1.82) is 0 Å². The fraction of sp³-hybridized carbons (Fsp3) is 0.200. The van der Waals surface area contributed by atoms with Crippen molar-refractivity contribution in [2.75, 3.05) is 11.9 Å². The lowest BCUT2D eigenvalue weighted by atomic mass is 10.3. The van der Waals surface area contributed by atoms with Gasteiger partial charge in [-0.05, 0) is 18.2 Å². The molecular formula is C10H10ClFN2O4. The summed E-state index contributed by atoms with van der Waals surface area (Å²) in [6, 6.07) is 0.976. The SMILES string of the molecule is O=C(Nc1cc(F)ccc1Cl)N[C@H](CO)C(=O)O. The second-order valence-electron chi connectivity index (χ2n) is 3.30. The summed E-state index contributed by atoms with van der Waals surface area (Å²) in [5.41, 5.74) is -0.00348. The van der Waals surface area contributed by atoms with Gasteiger partial charge in [-0.15, -0.1) is 0 Å². The molecule has 0 aliphatic rings. The van der Waals surface area contributed by atoms with Crippen LogP contribution in [0.15, 0.2) is 18.2 Å². The fourth-order valence-corrected chi connectivity index (χ4v) is 1.26. The first-order valence-electron chi connectivity index (χ1n) is 4.80. The lowest BCUT2D eigenvalue weighted by Crippen LogP contribution is -2.45. The van der Waals surface area contributed by atoms with Gasteiger partial charge < -0.3 is 20.8 Å². The van der Waals surface area contributed by atoms with Crippen molar-refractivity contribution in [1.82, 2.24) is 5.32 Å². The van der Waals surface area contributed by atoms with E-state index in [-0.39, 0.29) is 10.7 Å². The third-order valence-corrected chi connectivity index (χ3v) is 2.29. The van der Waals surface area contributed by atoms with E-state index in [1.54, 1.807) is 0 Å². The minimum absolute atomic E-state index is 0.00348. The molecule has 0 bridgehead atoms. The Morgan fingerprint density at radius 2 is 2.11 bits per heavy atom. The first kappa shape index (κ1) is 14.2. The number of nitrogens with one attached hydrogen (secondary N) is 2. The molecule has 18 heavy (non-hydrogen) atoms. The van der Waals surface area contributed by atoms with E-state index in [4.69, 9.17) is 21.8 Å². The first-order valence-corrected chi connectivity index (χ1v) is 5.18. The summed E-state index contributed by atoms with van der Waals surface area (Å²) < 4.78 is 12.9. The van der Waals surface area contributed by atoms with E-state index in [1.165, 1.54) is 6.07 Å². The summed E-state index contributed by atoms with van der Waals surface area (Å²) in [6.45, 7) is -0.764. The molecule has 0 radical (unpaired) electrons. The lowest BCUT2D eigenvalue weighted by molar-refractivity contribution is -0.140. The van der Waals surface area contributed by atoms with Crippen LogP contribution in [0.1, 0.15) is 0 Å². The number of aliphatic hydroxyl groups excluding tert-OH is 1. The van der Waals surface area contributed by atoms with Gasteiger partial charge in [0, 0.05) is 0 Å². The number of aliphatic carboxylic acids is 1. The van der Waals surface area contributed by atoms with Gasteiger partial charge in [0.05, 0.1) is 17.3 Å². The molecule has 0 spiro atoms. The molecular weight excluding hydrogens is 267 g/mol. The van der Waals surface area contributed by atoms with E-state index in [9.17, 15) is 14.0 Å². The summed E-state index contributed by atoms with van der Waals surface area (Å²) in [6.07, 6.45) is 0. The number of carbonyl (C=O) groups excluding carboxylic acids is 1. The van der Waals surface area contributed by atoms with E-state index in [0.717, 1.165) is 12.1 Å². The number of hydrogen-bond acceptors (Lipinski definition) is 3. The van der Waals surface area contributed by atoms with Crippen LogP contribution in [-0.4, -0.2) is 34.9 Å². The highest BCUT2D eigenvalue weighted by Gasteiger charge is 2.19. The number of halogens is 2. The molecule has 4 N–H and O–H groups in total. The fourth-order valence-electron chi connectivity index (χ4n) is 1.10. The summed E-state index contributed by atoms with van der Waals surface area (Å²) in [4.78, 5) is 21.9. The predicted octanol–water partition coefficient (Wildman–Crippen LogP) is 1.05. The molecule has 0 unspecified atom stereocenters. The Morgan fingerprint density at radius 1 is 1.44 bits per heavy atom. The van der Waals surface area contributed by atoms with Crippen molar-refractivity contribution in [3.8, 4) is 0 Å². The van der Waals surface area contributed by atoms with Crippen molar-refractivity contribution in [2.24, 2.45) is 0 Å². The minimum atomic E-state index is -1.45. The van der Waals surface area contributed by atoms with Crippen molar-refractivity contribution in [2.45, 2.75) is 6.04 Å². The predicted molar refractivity (Wildman–Crippen MR) is 62.1 cm³/mol. The smallest absolute Gasteiger partial charge is 0.328 e. The third kappa shape index (κ3) is 3.86. The average molecular weight is 277 g/mol. The standard InChI is InChI=1S/C10H10ClFN2O4/c11-6-2-1-5(12)3-7(6)13-10(18)14-8(4-15)9(16)17/h1-3,8,15H,4H2,(H,16,17)(H2,13,14,18)/t8-/m1/s1. The number of amides is 2. The Labute approximate surface area is 106 Å². The van der Waals surface area contributed by atoms with Crippen molar-refractivity contribution < 1.29 is 24.2 Å². The normalized spacial score (nSPS) is 11.7. The second kappa shape index (κ2) is 6.18. The maximum atomic E-state index is 12.9. The summed E-state index contributed by atoms with van der Waals surface area (Å²) >= 11 is 5.70. The summed E-state index contributed by atoms with van der Waals surface area (Å²) in [5.74, 6) is -2.00. The molecule has 98 valence electrons. The Kier molecular flexibility index (Phi) is 4.87. The molecule has 0 aliphatic heterocycles. The number of anilines is 1. The Balaban J connectivity index is 2.70. The van der Waals surface area contributed by atoms with Gasteiger partial charge in [-0.1, -0.05) is 11.6 Å². The molecule has 2 amide bonds. The number of urea groups is 1. The van der Waals surface area contributed by atoms with Crippen LogP contribution in [0.25, 0.3) is 0 Å². The first-order chi connectivity index (χ1) is 8.43. The molecule has 0 aromatic heterocycles. The molecule has 0 heterocycles. The van der Waals surface area contributed by atoms with E-state index in [0.29, 0.717) is 0 Å². The lowest BCUT2D eigenvalue weighted by Gasteiger charge is -2.13. The molecule has 0 fully saturated rings. The Hall–Kier alpha value is -1.86. The summed E-state index contributed by atoms with van der Waals surface area (Å²) in [7, 11) is 0. The van der Waals surface area contributed by atoms with Crippen LogP contribution in [0.4, 0.5) is 14.9 Å². The Bertz CT molecular complexity index is 469. The van der Waals surface area contributed by atoms with Crippen LogP contribution in [0.5, 0.6) is 0 Å². The van der Waals surface area contributed by atoms with Gasteiger partial charge >= 0.3 is 12.0 Å². The molecule has 1 atom stereocenters. The molecule has 1 aromatic rings. The number of benzene rings is 1. The number of carbonyl (C=O) groups is 2. The largest absolute Gasteiger partial charge is 0.480 e. The average Bonchev–Trinajstić information content (AvgIpc) is 2.30. The van der Waals surface area contributed by atoms with E-state index >= 15 is 0 Å². The van der Waals surface area contributed by atoms with E-state index < -0.39 is 30.5 Å². The van der Waals surface area contributed by atoms with Gasteiger partial charge in [-0.25, -0.2) is 14.0 Å². The highest BCUT2D eigenvalue weighted by Crippen LogP contribution is 2.22. The van der Waals surface area contributed by atoms with E-state index in [1.807, 2.05) is 5.32 Å². The topological polar surface area (TPSA) is 98.7 Å². The van der Waals surface area contributed by atoms with Crippen LogP contribution >= 0.6 is 11.6 Å². The maximum absolute atomic E-state index is 12.9. The zero-order chi connectivity index (χ0) is 13.7. The molecule has 0 saturated heterocycles. The van der Waals surface area contributed by atoms with Crippen LogP contribution in [0.3, 0.4) is 0 Å². The van der Waals surface area contributed by atoms with Gasteiger partial charge in [0.15, 0.2) is 6.04 Å². The third-order valence-electron chi connectivity index (χ3n) is 1.96. The van der Waals surface area contributed by atoms with Gasteiger partial charge in [-0.2, -0.15) is 0 Å². The van der Waals surface area contributed by atoms with Crippen molar-refractivity contribution >= 4 is 29.3 Å². The van der Waals surface area contributed by atoms with Gasteiger partial charge in [0.25, 0.3) is 0 Å². The van der Waals surface area contributed by atoms with Gasteiger partial charge in [-0.3, -0.25) is 0 Å². The van der Waals surface area contributed by atoms with Crippen LogP contribution in [0, 0.1) is 5.82 Å². The highest BCUT2D eigenvalue weighted by atomic mass is 35.5. The molecule has 8 heteroatoms. The zero-order valence-electron chi connectivity index (χ0n) is 8.98. The second-order valence-corrected chi connectivity index (χ2v) is 3.70. The zero-order valence-corrected chi connectivity index (χ0v) is 9.74. The maximum Gasteiger partial charge on any atom is 0.328 e. The number of rotatable bonds is 4. The number of carboxylic acids is 1. The van der Waals surface area contributed by atoms with E-state index in [2.05, 4.69) is 5.32 Å². The number of aliphatic hydroxyl groups is 1. The highest BCUT2D eigenvalue weighted by molar-refractivity contribution is 6.33. The molecule has 0 saturated carbocycles.